The van der Waals surface area contributed by atoms with Crippen LogP contribution >= 0.6 is 0 Å². The van der Waals surface area contributed by atoms with Gasteiger partial charge in [-0.1, -0.05) is 39.0 Å². The van der Waals surface area contributed by atoms with Crippen LogP contribution < -0.4 is 10.1 Å². The second-order valence-corrected chi connectivity index (χ2v) is 6.63. The van der Waals surface area contributed by atoms with Crippen molar-refractivity contribution < 1.29 is 19.1 Å². The maximum Gasteiger partial charge on any atom is 0.344 e. The first-order valence-corrected chi connectivity index (χ1v) is 9.82. The second kappa shape index (κ2) is 10.5. The van der Waals surface area contributed by atoms with Crippen molar-refractivity contribution in [3.8, 4) is 5.75 Å². The number of carbonyl (C=O) groups excluding carboxylic acids is 2. The SMILES string of the molecule is CCc1cccc(CC)c1NC(=O)c1ccc(OCC(=O)O[C@H](C)CC)cc1. The van der Waals surface area contributed by atoms with Gasteiger partial charge in [0.2, 0.25) is 0 Å². The minimum atomic E-state index is -0.403. The molecule has 0 spiro atoms. The molecule has 0 aromatic heterocycles. The number of para-hydroxylation sites is 1. The van der Waals surface area contributed by atoms with E-state index in [0.29, 0.717) is 11.3 Å². The smallest absolute Gasteiger partial charge is 0.344 e. The molecule has 0 radical (unpaired) electrons. The Bertz CT molecular complexity index is 776. The van der Waals surface area contributed by atoms with Gasteiger partial charge in [0.25, 0.3) is 5.91 Å². The molecule has 2 aromatic rings. The average Bonchev–Trinajstić information content (AvgIpc) is 2.72. The molecule has 0 bridgehead atoms. The van der Waals surface area contributed by atoms with E-state index >= 15 is 0 Å². The minimum Gasteiger partial charge on any atom is -0.482 e. The number of nitrogens with one attached hydrogen (secondary N) is 1. The molecule has 0 unspecified atom stereocenters. The monoisotopic (exact) mass is 383 g/mol. The molecule has 1 N–H and O–H groups in total. The summed E-state index contributed by atoms with van der Waals surface area (Å²) in [5.41, 5.74) is 3.66. The highest BCUT2D eigenvalue weighted by molar-refractivity contribution is 6.05. The highest BCUT2D eigenvalue weighted by Gasteiger charge is 2.13. The Kier molecular flexibility index (Phi) is 8.05. The first-order chi connectivity index (χ1) is 13.5. The van der Waals surface area contributed by atoms with E-state index < -0.39 is 5.97 Å². The third kappa shape index (κ3) is 5.84. The number of aryl methyl sites for hydroxylation is 2. The highest BCUT2D eigenvalue weighted by atomic mass is 16.6. The van der Waals surface area contributed by atoms with Gasteiger partial charge in [-0.3, -0.25) is 4.79 Å². The lowest BCUT2D eigenvalue weighted by Crippen LogP contribution is -2.20. The Morgan fingerprint density at radius 3 is 2.11 bits per heavy atom. The molecule has 0 aliphatic heterocycles. The van der Waals surface area contributed by atoms with Crippen molar-refractivity contribution in [3.05, 3.63) is 59.2 Å². The predicted molar refractivity (Wildman–Crippen MR) is 111 cm³/mol. The number of carbonyl (C=O) groups is 2. The van der Waals surface area contributed by atoms with Crippen LogP contribution in [0.1, 0.15) is 55.6 Å². The molecule has 5 heteroatoms. The Hall–Kier alpha value is -2.82. The van der Waals surface area contributed by atoms with Crippen LogP contribution in [-0.2, 0) is 22.4 Å². The number of ether oxygens (including phenoxy) is 2. The maximum absolute atomic E-state index is 12.7. The van der Waals surface area contributed by atoms with Crippen LogP contribution in [0.15, 0.2) is 42.5 Å². The molecule has 0 aliphatic rings. The number of anilines is 1. The Balaban J connectivity index is 2.00. The van der Waals surface area contributed by atoms with Gasteiger partial charge >= 0.3 is 5.97 Å². The summed E-state index contributed by atoms with van der Waals surface area (Å²) in [6.45, 7) is 7.78. The van der Waals surface area contributed by atoms with Crippen molar-refractivity contribution >= 4 is 17.6 Å². The molecular formula is C23H29NO4. The van der Waals surface area contributed by atoms with Crippen LogP contribution in [0.3, 0.4) is 0 Å². The van der Waals surface area contributed by atoms with Gasteiger partial charge in [0.15, 0.2) is 6.61 Å². The largest absolute Gasteiger partial charge is 0.482 e. The number of hydrogen-bond acceptors (Lipinski definition) is 4. The summed E-state index contributed by atoms with van der Waals surface area (Å²) in [6.07, 6.45) is 2.34. The van der Waals surface area contributed by atoms with Crippen LogP contribution in [0.5, 0.6) is 5.75 Å². The summed E-state index contributed by atoms with van der Waals surface area (Å²) in [7, 11) is 0. The van der Waals surface area contributed by atoms with Crippen molar-refractivity contribution in [1.82, 2.24) is 0 Å². The van der Waals surface area contributed by atoms with Crippen molar-refractivity contribution in [2.45, 2.75) is 53.1 Å². The number of esters is 1. The first kappa shape index (κ1) is 21.5. The normalized spacial score (nSPS) is 11.6. The van der Waals surface area contributed by atoms with Gasteiger partial charge in [0.05, 0.1) is 6.10 Å². The van der Waals surface area contributed by atoms with Crippen LogP contribution in [-0.4, -0.2) is 24.6 Å². The summed E-state index contributed by atoms with van der Waals surface area (Å²) in [5, 5.41) is 3.04. The molecule has 150 valence electrons. The predicted octanol–water partition coefficient (Wildman–Crippen LogP) is 4.78. The quantitative estimate of drug-likeness (QED) is 0.633. The lowest BCUT2D eigenvalue weighted by Gasteiger charge is -2.15. The molecule has 0 saturated carbocycles. The standard InChI is InChI=1S/C23H29NO4/c1-5-16(4)28-21(25)15-27-20-13-11-19(12-14-20)23(26)24-22-17(6-2)9-8-10-18(22)7-3/h8-14,16H,5-7,15H2,1-4H3,(H,24,26)/t16-/m1/s1. The molecule has 1 atom stereocenters. The van der Waals surface area contributed by atoms with Gasteiger partial charge in [-0.15, -0.1) is 0 Å². The van der Waals surface area contributed by atoms with Crippen LogP contribution in [0.2, 0.25) is 0 Å². The molecule has 2 rings (SSSR count). The van der Waals surface area contributed by atoms with Crippen molar-refractivity contribution in [2.24, 2.45) is 0 Å². The molecule has 1 amide bonds. The molecule has 0 fully saturated rings. The fraction of sp³-hybridized carbons (Fsp3) is 0.391. The number of amides is 1. The zero-order chi connectivity index (χ0) is 20.5. The molecule has 0 aliphatic carbocycles. The lowest BCUT2D eigenvalue weighted by atomic mass is 10.0. The second-order valence-electron chi connectivity index (χ2n) is 6.63. The maximum atomic E-state index is 12.7. The van der Waals surface area contributed by atoms with Crippen molar-refractivity contribution in [1.29, 1.82) is 0 Å². The molecule has 5 nitrogen and oxygen atoms in total. The van der Waals surface area contributed by atoms with Gasteiger partial charge in [0.1, 0.15) is 5.75 Å². The van der Waals surface area contributed by atoms with Gasteiger partial charge < -0.3 is 14.8 Å². The third-order valence-electron chi connectivity index (χ3n) is 4.62. The molecule has 28 heavy (non-hydrogen) atoms. The summed E-state index contributed by atoms with van der Waals surface area (Å²) >= 11 is 0. The van der Waals surface area contributed by atoms with E-state index in [2.05, 4.69) is 19.2 Å². The van der Waals surface area contributed by atoms with E-state index in [4.69, 9.17) is 9.47 Å². The first-order valence-electron chi connectivity index (χ1n) is 9.82. The number of hydrogen-bond donors (Lipinski definition) is 1. The molecule has 0 saturated heterocycles. The van der Waals surface area contributed by atoms with E-state index in [0.717, 1.165) is 36.1 Å². The number of rotatable bonds is 9. The van der Waals surface area contributed by atoms with E-state index in [1.807, 2.05) is 32.0 Å². The van der Waals surface area contributed by atoms with E-state index in [-0.39, 0.29) is 18.6 Å². The minimum absolute atomic E-state index is 0.124. The summed E-state index contributed by atoms with van der Waals surface area (Å²) in [6, 6.07) is 12.8. The highest BCUT2D eigenvalue weighted by Crippen LogP contribution is 2.23. The summed E-state index contributed by atoms with van der Waals surface area (Å²) in [5.74, 6) is -0.0568. The summed E-state index contributed by atoms with van der Waals surface area (Å²) < 4.78 is 10.6. The summed E-state index contributed by atoms with van der Waals surface area (Å²) in [4.78, 5) is 24.3. The Labute approximate surface area is 167 Å². The van der Waals surface area contributed by atoms with Gasteiger partial charge in [-0.2, -0.15) is 0 Å². The molecule has 0 heterocycles. The van der Waals surface area contributed by atoms with Crippen molar-refractivity contribution in [3.63, 3.8) is 0 Å². The van der Waals surface area contributed by atoms with E-state index in [1.165, 1.54) is 0 Å². The zero-order valence-corrected chi connectivity index (χ0v) is 17.1. The Morgan fingerprint density at radius 1 is 0.964 bits per heavy atom. The molecular weight excluding hydrogens is 354 g/mol. The van der Waals surface area contributed by atoms with Gasteiger partial charge in [0, 0.05) is 11.3 Å². The van der Waals surface area contributed by atoms with Gasteiger partial charge in [-0.25, -0.2) is 4.79 Å². The van der Waals surface area contributed by atoms with Crippen LogP contribution in [0.4, 0.5) is 5.69 Å². The zero-order valence-electron chi connectivity index (χ0n) is 17.1. The lowest BCUT2D eigenvalue weighted by molar-refractivity contribution is -0.150. The third-order valence-corrected chi connectivity index (χ3v) is 4.62. The van der Waals surface area contributed by atoms with Gasteiger partial charge in [-0.05, 0) is 61.6 Å². The van der Waals surface area contributed by atoms with E-state index in [9.17, 15) is 9.59 Å². The van der Waals surface area contributed by atoms with Crippen LogP contribution in [0.25, 0.3) is 0 Å². The van der Waals surface area contributed by atoms with E-state index in [1.54, 1.807) is 24.3 Å². The fourth-order valence-electron chi connectivity index (χ4n) is 2.78. The Morgan fingerprint density at radius 2 is 1.57 bits per heavy atom. The van der Waals surface area contributed by atoms with Crippen LogP contribution in [0, 0.1) is 0 Å². The molecule has 2 aromatic carbocycles. The number of benzene rings is 2. The van der Waals surface area contributed by atoms with Crippen molar-refractivity contribution in [2.75, 3.05) is 11.9 Å². The topological polar surface area (TPSA) is 64.6 Å². The fourth-order valence-corrected chi connectivity index (χ4v) is 2.78. The average molecular weight is 383 g/mol.